The SMILES string of the molecule is Nc1nc2c(Oc3cc(-c4ccc(C(F)(F)F)cc4)c(-c4ccccc4)nn3)cccc2s1. The number of anilines is 1. The summed E-state index contributed by atoms with van der Waals surface area (Å²) in [6, 6.07) is 21.3. The Morgan fingerprint density at radius 3 is 2.30 bits per heavy atom. The van der Waals surface area contributed by atoms with E-state index < -0.39 is 11.7 Å². The van der Waals surface area contributed by atoms with Crippen LogP contribution in [-0.4, -0.2) is 15.2 Å². The fraction of sp³-hybridized carbons (Fsp3) is 0.0417. The van der Waals surface area contributed by atoms with E-state index >= 15 is 0 Å². The number of para-hydroxylation sites is 1. The van der Waals surface area contributed by atoms with Gasteiger partial charge in [0.05, 0.1) is 10.3 Å². The highest BCUT2D eigenvalue weighted by molar-refractivity contribution is 7.22. The molecule has 164 valence electrons. The number of thiazole rings is 1. The molecule has 0 aliphatic rings. The monoisotopic (exact) mass is 464 g/mol. The number of nitrogens with zero attached hydrogens (tertiary/aromatic N) is 3. The third-order valence-electron chi connectivity index (χ3n) is 4.95. The van der Waals surface area contributed by atoms with Gasteiger partial charge in [-0.05, 0) is 29.8 Å². The molecule has 9 heteroatoms. The topological polar surface area (TPSA) is 73.9 Å². The molecule has 2 aromatic heterocycles. The van der Waals surface area contributed by atoms with E-state index in [4.69, 9.17) is 10.5 Å². The van der Waals surface area contributed by atoms with Gasteiger partial charge in [-0.15, -0.1) is 10.2 Å². The number of rotatable bonds is 4. The molecule has 0 spiro atoms. The Hall–Kier alpha value is -3.98. The molecule has 0 amide bonds. The van der Waals surface area contributed by atoms with Crippen molar-refractivity contribution in [3.05, 3.63) is 84.4 Å². The van der Waals surface area contributed by atoms with Gasteiger partial charge in [0.1, 0.15) is 11.2 Å². The van der Waals surface area contributed by atoms with Crippen LogP contribution >= 0.6 is 11.3 Å². The molecule has 5 nitrogen and oxygen atoms in total. The molecule has 0 fully saturated rings. The predicted molar refractivity (Wildman–Crippen MR) is 122 cm³/mol. The molecule has 0 atom stereocenters. The van der Waals surface area contributed by atoms with Crippen molar-refractivity contribution in [3.63, 3.8) is 0 Å². The number of ether oxygens (including phenoxy) is 1. The molecular weight excluding hydrogens is 449 g/mol. The second-order valence-electron chi connectivity index (χ2n) is 7.14. The first-order chi connectivity index (χ1) is 15.9. The maximum Gasteiger partial charge on any atom is 0.416 e. The Morgan fingerprint density at radius 1 is 0.818 bits per heavy atom. The van der Waals surface area contributed by atoms with E-state index in [1.807, 2.05) is 42.5 Å². The summed E-state index contributed by atoms with van der Waals surface area (Å²) < 4.78 is 46.0. The molecule has 5 aromatic rings. The molecular formula is C24H15F3N4OS. The third-order valence-corrected chi connectivity index (χ3v) is 5.80. The number of hydrogen-bond donors (Lipinski definition) is 1. The zero-order valence-corrected chi connectivity index (χ0v) is 17.7. The molecule has 2 N–H and O–H groups in total. The zero-order valence-electron chi connectivity index (χ0n) is 16.9. The van der Waals surface area contributed by atoms with Gasteiger partial charge in [0.25, 0.3) is 0 Å². The standard InChI is InChI=1S/C24H15F3N4OS/c25-24(26,27)16-11-9-14(10-12-16)17-13-20(30-31-21(17)15-5-2-1-3-6-15)32-18-7-4-8-19-22(18)29-23(28)33-19/h1-13H,(H2,28,29). The number of fused-ring (bicyclic) bond motifs is 1. The molecule has 5 rings (SSSR count). The van der Waals surface area contributed by atoms with Gasteiger partial charge in [0, 0.05) is 17.2 Å². The Morgan fingerprint density at radius 2 is 1.58 bits per heavy atom. The first-order valence-corrected chi connectivity index (χ1v) is 10.6. The number of alkyl halides is 3. The van der Waals surface area contributed by atoms with Gasteiger partial charge in [-0.1, -0.05) is 59.9 Å². The second-order valence-corrected chi connectivity index (χ2v) is 8.21. The molecule has 33 heavy (non-hydrogen) atoms. The van der Waals surface area contributed by atoms with E-state index in [1.165, 1.54) is 23.5 Å². The minimum atomic E-state index is -4.42. The highest BCUT2D eigenvalue weighted by atomic mass is 32.1. The van der Waals surface area contributed by atoms with Crippen molar-refractivity contribution in [1.82, 2.24) is 15.2 Å². The van der Waals surface area contributed by atoms with E-state index in [2.05, 4.69) is 15.2 Å². The van der Waals surface area contributed by atoms with Crippen molar-refractivity contribution >= 4 is 26.7 Å². The van der Waals surface area contributed by atoms with E-state index in [9.17, 15) is 13.2 Å². The van der Waals surface area contributed by atoms with Gasteiger partial charge in [-0.2, -0.15) is 13.2 Å². The molecule has 0 unspecified atom stereocenters. The number of benzene rings is 3. The summed E-state index contributed by atoms with van der Waals surface area (Å²) in [5.41, 5.74) is 8.15. The summed E-state index contributed by atoms with van der Waals surface area (Å²) in [7, 11) is 0. The highest BCUT2D eigenvalue weighted by Gasteiger charge is 2.30. The number of nitrogen functional groups attached to an aromatic ring is 1. The third kappa shape index (κ3) is 4.22. The highest BCUT2D eigenvalue weighted by Crippen LogP contribution is 2.37. The van der Waals surface area contributed by atoms with E-state index in [1.54, 1.807) is 12.1 Å². The van der Waals surface area contributed by atoms with Crippen LogP contribution in [0, 0.1) is 0 Å². The van der Waals surface area contributed by atoms with Crippen LogP contribution in [0.25, 0.3) is 32.6 Å². The fourth-order valence-electron chi connectivity index (χ4n) is 3.43. The molecule has 3 aromatic carbocycles. The number of nitrogens with two attached hydrogens (primary N) is 1. The normalized spacial score (nSPS) is 11.6. The summed E-state index contributed by atoms with van der Waals surface area (Å²) in [6.07, 6.45) is -4.42. The average Bonchev–Trinajstić information content (AvgIpc) is 3.20. The average molecular weight is 464 g/mol. The van der Waals surface area contributed by atoms with Crippen LogP contribution in [-0.2, 0) is 6.18 Å². The predicted octanol–water partition coefficient (Wildman–Crippen LogP) is 6.81. The molecule has 0 aliphatic heterocycles. The van der Waals surface area contributed by atoms with Gasteiger partial charge in [0.2, 0.25) is 5.88 Å². The Balaban J connectivity index is 1.60. The molecule has 0 saturated heterocycles. The van der Waals surface area contributed by atoms with E-state index in [0.29, 0.717) is 33.2 Å². The molecule has 0 radical (unpaired) electrons. The van der Waals surface area contributed by atoms with Crippen LogP contribution < -0.4 is 10.5 Å². The van der Waals surface area contributed by atoms with Gasteiger partial charge in [0.15, 0.2) is 10.9 Å². The molecule has 0 aliphatic carbocycles. The van der Waals surface area contributed by atoms with Crippen LogP contribution in [0.3, 0.4) is 0 Å². The van der Waals surface area contributed by atoms with E-state index in [-0.39, 0.29) is 5.88 Å². The summed E-state index contributed by atoms with van der Waals surface area (Å²) in [5, 5.41) is 8.95. The van der Waals surface area contributed by atoms with Crippen LogP contribution in [0.2, 0.25) is 0 Å². The van der Waals surface area contributed by atoms with Gasteiger partial charge in [-0.3, -0.25) is 0 Å². The lowest BCUT2D eigenvalue weighted by Gasteiger charge is -2.13. The molecule has 0 saturated carbocycles. The maximum absolute atomic E-state index is 13.0. The van der Waals surface area contributed by atoms with Crippen LogP contribution in [0.5, 0.6) is 11.6 Å². The minimum absolute atomic E-state index is 0.184. The van der Waals surface area contributed by atoms with Crippen LogP contribution in [0.4, 0.5) is 18.3 Å². The lowest BCUT2D eigenvalue weighted by Crippen LogP contribution is -2.04. The quantitative estimate of drug-likeness (QED) is 0.316. The summed E-state index contributed by atoms with van der Waals surface area (Å²) in [6.45, 7) is 0. The Labute approximate surface area is 190 Å². The van der Waals surface area contributed by atoms with Crippen molar-refractivity contribution in [1.29, 1.82) is 0 Å². The van der Waals surface area contributed by atoms with Crippen LogP contribution in [0.1, 0.15) is 5.56 Å². The van der Waals surface area contributed by atoms with E-state index in [0.717, 1.165) is 22.4 Å². The smallest absolute Gasteiger partial charge is 0.416 e. The van der Waals surface area contributed by atoms with Crippen molar-refractivity contribution in [2.24, 2.45) is 0 Å². The van der Waals surface area contributed by atoms with Gasteiger partial charge >= 0.3 is 6.18 Å². The number of aromatic nitrogens is 3. The number of hydrogen-bond acceptors (Lipinski definition) is 6. The van der Waals surface area contributed by atoms with Crippen molar-refractivity contribution in [2.45, 2.75) is 6.18 Å². The molecule has 0 bridgehead atoms. The Kier molecular flexibility index (Phi) is 5.18. The van der Waals surface area contributed by atoms with Crippen molar-refractivity contribution in [3.8, 4) is 34.0 Å². The lowest BCUT2D eigenvalue weighted by molar-refractivity contribution is -0.137. The lowest BCUT2D eigenvalue weighted by atomic mass is 9.99. The first-order valence-electron chi connectivity index (χ1n) is 9.82. The Bertz CT molecular complexity index is 1430. The first kappa shape index (κ1) is 20.9. The summed E-state index contributed by atoms with van der Waals surface area (Å²) in [4.78, 5) is 4.30. The largest absolute Gasteiger partial charge is 0.435 e. The second kappa shape index (κ2) is 8.18. The maximum atomic E-state index is 13.0. The van der Waals surface area contributed by atoms with Crippen molar-refractivity contribution < 1.29 is 17.9 Å². The van der Waals surface area contributed by atoms with Gasteiger partial charge < -0.3 is 10.5 Å². The zero-order chi connectivity index (χ0) is 23.0. The van der Waals surface area contributed by atoms with Crippen LogP contribution in [0.15, 0.2) is 78.9 Å². The fourth-order valence-corrected chi connectivity index (χ4v) is 4.18. The minimum Gasteiger partial charge on any atom is -0.435 e. The van der Waals surface area contributed by atoms with Gasteiger partial charge in [-0.25, -0.2) is 4.98 Å². The molecule has 2 heterocycles. The summed E-state index contributed by atoms with van der Waals surface area (Å²) in [5.74, 6) is 0.643. The van der Waals surface area contributed by atoms with Crippen molar-refractivity contribution in [2.75, 3.05) is 5.73 Å². The summed E-state index contributed by atoms with van der Waals surface area (Å²) >= 11 is 1.34. The number of halogens is 3.